The predicted molar refractivity (Wildman–Crippen MR) is 86.0 cm³/mol. The lowest BCUT2D eigenvalue weighted by Crippen LogP contribution is -2.30. The number of nitrogens with one attached hydrogen (secondary N) is 2. The molecule has 0 heterocycles. The van der Waals surface area contributed by atoms with E-state index in [0.717, 1.165) is 17.9 Å². The summed E-state index contributed by atoms with van der Waals surface area (Å²) in [6, 6.07) is 6.66. The number of urea groups is 1. The summed E-state index contributed by atoms with van der Waals surface area (Å²) in [5, 5.41) is 14.4. The lowest BCUT2D eigenvalue weighted by Gasteiger charge is -2.21. The van der Waals surface area contributed by atoms with Gasteiger partial charge in [0.1, 0.15) is 0 Å². The minimum absolute atomic E-state index is 0.00609. The van der Waals surface area contributed by atoms with Gasteiger partial charge in [-0.05, 0) is 30.0 Å². The van der Waals surface area contributed by atoms with Gasteiger partial charge in [-0.2, -0.15) is 0 Å². The monoisotopic (exact) mass is 304 g/mol. The number of rotatable bonds is 6. The van der Waals surface area contributed by atoms with E-state index in [1.165, 1.54) is 32.1 Å². The first kappa shape index (κ1) is 16.3. The largest absolute Gasteiger partial charge is 0.481 e. The summed E-state index contributed by atoms with van der Waals surface area (Å²) in [6.45, 7) is 0.702. The minimum Gasteiger partial charge on any atom is -0.481 e. The summed E-state index contributed by atoms with van der Waals surface area (Å²) in [7, 11) is 0. The molecule has 2 rings (SSSR count). The van der Waals surface area contributed by atoms with Crippen LogP contribution in [0.15, 0.2) is 24.3 Å². The van der Waals surface area contributed by atoms with Crippen LogP contribution in [0.1, 0.15) is 44.1 Å². The number of amides is 2. The molecule has 22 heavy (non-hydrogen) atoms. The number of anilines is 1. The molecule has 2 amide bonds. The van der Waals surface area contributed by atoms with Gasteiger partial charge >= 0.3 is 12.0 Å². The van der Waals surface area contributed by atoms with Crippen LogP contribution < -0.4 is 10.6 Å². The number of carboxylic acids is 1. The molecular formula is C17H24N2O3. The van der Waals surface area contributed by atoms with E-state index >= 15 is 0 Å². The molecule has 0 bridgehead atoms. The van der Waals surface area contributed by atoms with Crippen molar-refractivity contribution < 1.29 is 14.7 Å². The Labute approximate surface area is 131 Å². The van der Waals surface area contributed by atoms with E-state index in [1.54, 1.807) is 24.3 Å². The number of benzene rings is 1. The molecule has 1 aliphatic rings. The standard InChI is InChI=1S/C17H24N2O3/c20-16(21)12-14-6-8-15(9-7-14)19-17(22)18-11-10-13-4-2-1-3-5-13/h6-9,13H,1-5,10-12H2,(H,20,21)(H2,18,19,22). The summed E-state index contributed by atoms with van der Waals surface area (Å²) >= 11 is 0. The quantitative estimate of drug-likeness (QED) is 0.753. The van der Waals surface area contributed by atoms with Gasteiger partial charge in [-0.25, -0.2) is 4.79 Å². The Balaban J connectivity index is 1.68. The molecule has 0 unspecified atom stereocenters. The molecule has 1 saturated carbocycles. The Bertz CT molecular complexity index is 493. The highest BCUT2D eigenvalue weighted by Crippen LogP contribution is 2.25. The normalized spacial score (nSPS) is 15.3. The predicted octanol–water partition coefficient (Wildman–Crippen LogP) is 3.41. The first-order valence-electron chi connectivity index (χ1n) is 7.99. The van der Waals surface area contributed by atoms with E-state index in [2.05, 4.69) is 10.6 Å². The van der Waals surface area contributed by atoms with E-state index in [4.69, 9.17) is 5.11 Å². The fourth-order valence-corrected chi connectivity index (χ4v) is 2.92. The summed E-state index contributed by atoms with van der Waals surface area (Å²) in [5.41, 5.74) is 1.39. The second-order valence-corrected chi connectivity index (χ2v) is 5.94. The lowest BCUT2D eigenvalue weighted by atomic mass is 9.87. The average molecular weight is 304 g/mol. The van der Waals surface area contributed by atoms with Crippen LogP contribution in [-0.4, -0.2) is 23.7 Å². The van der Waals surface area contributed by atoms with Crippen LogP contribution in [0.3, 0.4) is 0 Å². The number of carboxylic acid groups (broad SMARTS) is 1. The zero-order valence-electron chi connectivity index (χ0n) is 12.8. The maximum absolute atomic E-state index is 11.8. The second kappa shape index (κ2) is 8.41. The van der Waals surface area contributed by atoms with Gasteiger partial charge in [0.15, 0.2) is 0 Å². The van der Waals surface area contributed by atoms with Crippen molar-refractivity contribution in [3.63, 3.8) is 0 Å². The number of aliphatic carboxylic acids is 1. The maximum atomic E-state index is 11.8. The molecular weight excluding hydrogens is 280 g/mol. The number of hydrogen-bond donors (Lipinski definition) is 3. The van der Waals surface area contributed by atoms with Crippen LogP contribution in [0.5, 0.6) is 0 Å². The van der Waals surface area contributed by atoms with Gasteiger partial charge in [0.25, 0.3) is 0 Å². The van der Waals surface area contributed by atoms with Crippen LogP contribution in [0.25, 0.3) is 0 Å². The van der Waals surface area contributed by atoms with E-state index in [9.17, 15) is 9.59 Å². The van der Waals surface area contributed by atoms with Crippen molar-refractivity contribution in [2.24, 2.45) is 5.92 Å². The highest BCUT2D eigenvalue weighted by atomic mass is 16.4. The molecule has 1 aliphatic carbocycles. The summed E-state index contributed by atoms with van der Waals surface area (Å²) in [6.07, 6.45) is 7.60. The molecule has 0 spiro atoms. The van der Waals surface area contributed by atoms with E-state index in [-0.39, 0.29) is 12.5 Å². The first-order valence-corrected chi connectivity index (χ1v) is 7.99. The summed E-state index contributed by atoms with van der Waals surface area (Å²) in [5.74, 6) is -0.106. The molecule has 0 radical (unpaired) electrons. The molecule has 0 atom stereocenters. The van der Waals surface area contributed by atoms with E-state index in [0.29, 0.717) is 12.2 Å². The van der Waals surface area contributed by atoms with Crippen molar-refractivity contribution in [1.82, 2.24) is 5.32 Å². The summed E-state index contributed by atoms with van der Waals surface area (Å²) < 4.78 is 0. The first-order chi connectivity index (χ1) is 10.6. The van der Waals surface area contributed by atoms with Crippen molar-refractivity contribution in [2.75, 3.05) is 11.9 Å². The summed E-state index contributed by atoms with van der Waals surface area (Å²) in [4.78, 5) is 22.4. The zero-order chi connectivity index (χ0) is 15.8. The number of carbonyl (C=O) groups excluding carboxylic acids is 1. The molecule has 0 aromatic heterocycles. The molecule has 0 aliphatic heterocycles. The Morgan fingerprint density at radius 2 is 1.77 bits per heavy atom. The van der Waals surface area contributed by atoms with Gasteiger partial charge in [-0.15, -0.1) is 0 Å². The van der Waals surface area contributed by atoms with E-state index < -0.39 is 5.97 Å². The molecule has 120 valence electrons. The molecule has 5 heteroatoms. The molecule has 1 aromatic carbocycles. The molecule has 0 saturated heterocycles. The minimum atomic E-state index is -0.860. The van der Waals surface area contributed by atoms with Gasteiger partial charge in [0.2, 0.25) is 0 Å². The van der Waals surface area contributed by atoms with Crippen molar-refractivity contribution >= 4 is 17.7 Å². The van der Waals surface area contributed by atoms with Gasteiger partial charge < -0.3 is 15.7 Å². The number of hydrogen-bond acceptors (Lipinski definition) is 2. The topological polar surface area (TPSA) is 78.4 Å². The van der Waals surface area contributed by atoms with Gasteiger partial charge in [0, 0.05) is 12.2 Å². The fourth-order valence-electron chi connectivity index (χ4n) is 2.92. The Morgan fingerprint density at radius 3 is 2.41 bits per heavy atom. The van der Waals surface area contributed by atoms with Crippen molar-refractivity contribution in [1.29, 1.82) is 0 Å². The molecule has 1 fully saturated rings. The van der Waals surface area contributed by atoms with Gasteiger partial charge in [-0.3, -0.25) is 4.79 Å². The fraction of sp³-hybridized carbons (Fsp3) is 0.529. The Hall–Kier alpha value is -2.04. The van der Waals surface area contributed by atoms with Crippen LogP contribution in [0.2, 0.25) is 0 Å². The smallest absolute Gasteiger partial charge is 0.319 e. The highest BCUT2D eigenvalue weighted by molar-refractivity contribution is 5.89. The van der Waals surface area contributed by atoms with Gasteiger partial charge in [-0.1, -0.05) is 44.2 Å². The Morgan fingerprint density at radius 1 is 1.09 bits per heavy atom. The van der Waals surface area contributed by atoms with E-state index in [1.807, 2.05) is 0 Å². The third-order valence-corrected chi connectivity index (χ3v) is 4.13. The van der Waals surface area contributed by atoms with Crippen LogP contribution in [0, 0.1) is 5.92 Å². The third kappa shape index (κ3) is 5.76. The molecule has 1 aromatic rings. The zero-order valence-corrected chi connectivity index (χ0v) is 12.8. The third-order valence-electron chi connectivity index (χ3n) is 4.13. The van der Waals surface area contributed by atoms with Crippen LogP contribution >= 0.6 is 0 Å². The van der Waals surface area contributed by atoms with Gasteiger partial charge in [0.05, 0.1) is 6.42 Å². The van der Waals surface area contributed by atoms with Crippen molar-refractivity contribution in [2.45, 2.75) is 44.9 Å². The lowest BCUT2D eigenvalue weighted by molar-refractivity contribution is -0.136. The van der Waals surface area contributed by atoms with Crippen molar-refractivity contribution in [3.8, 4) is 0 Å². The highest BCUT2D eigenvalue weighted by Gasteiger charge is 2.13. The second-order valence-electron chi connectivity index (χ2n) is 5.94. The molecule has 5 nitrogen and oxygen atoms in total. The molecule has 3 N–H and O–H groups in total. The van der Waals surface area contributed by atoms with Crippen molar-refractivity contribution in [3.05, 3.63) is 29.8 Å². The van der Waals surface area contributed by atoms with Crippen LogP contribution in [0.4, 0.5) is 10.5 Å². The number of carbonyl (C=O) groups is 2. The average Bonchev–Trinajstić information content (AvgIpc) is 2.50. The Kier molecular flexibility index (Phi) is 6.25. The SMILES string of the molecule is O=C(O)Cc1ccc(NC(=O)NCCC2CCCCC2)cc1. The maximum Gasteiger partial charge on any atom is 0.319 e. The van der Waals surface area contributed by atoms with Crippen LogP contribution in [-0.2, 0) is 11.2 Å².